The molecule has 1 amide bonds. The molecular formula is C13H17NO4. The Hall–Kier alpha value is -2.04. The van der Waals surface area contributed by atoms with E-state index < -0.39 is 11.5 Å². The number of carboxylic acids is 1. The third-order valence-electron chi connectivity index (χ3n) is 3.01. The van der Waals surface area contributed by atoms with E-state index in [0.717, 1.165) is 0 Å². The van der Waals surface area contributed by atoms with Crippen molar-refractivity contribution in [3.63, 3.8) is 0 Å². The maximum Gasteiger partial charge on any atom is 0.334 e. The topological polar surface area (TPSA) is 77.8 Å². The number of phenolic OH excluding ortho intramolecular Hbond substituents is 1. The number of carbonyl (C=O) groups excluding carboxylic acids is 1. The van der Waals surface area contributed by atoms with Crippen LogP contribution in [0.15, 0.2) is 24.3 Å². The van der Waals surface area contributed by atoms with E-state index in [-0.39, 0.29) is 11.8 Å². The molecule has 0 aliphatic rings. The Balaban J connectivity index is 3.40. The van der Waals surface area contributed by atoms with E-state index in [0.29, 0.717) is 12.0 Å². The zero-order valence-electron chi connectivity index (χ0n) is 10.6. The zero-order chi connectivity index (χ0) is 13.9. The van der Waals surface area contributed by atoms with Crippen LogP contribution in [0.25, 0.3) is 0 Å². The molecule has 1 rings (SSSR count). The molecule has 18 heavy (non-hydrogen) atoms. The Kier molecular flexibility index (Phi) is 3.96. The van der Waals surface area contributed by atoms with Crippen LogP contribution in [0.4, 0.5) is 0 Å². The zero-order valence-corrected chi connectivity index (χ0v) is 10.6. The second-order valence-electron chi connectivity index (χ2n) is 4.53. The third kappa shape index (κ3) is 2.30. The highest BCUT2D eigenvalue weighted by Gasteiger charge is 2.42. The molecule has 0 spiro atoms. The summed E-state index contributed by atoms with van der Waals surface area (Å²) in [5.74, 6) is -1.18. The fourth-order valence-electron chi connectivity index (χ4n) is 1.94. The minimum absolute atomic E-state index is 0.0328. The lowest BCUT2D eigenvalue weighted by Crippen LogP contribution is -2.52. The predicted octanol–water partition coefficient (Wildman–Crippen LogP) is 1.56. The molecule has 0 heterocycles. The van der Waals surface area contributed by atoms with Crippen molar-refractivity contribution in [2.24, 2.45) is 0 Å². The Morgan fingerprint density at radius 3 is 2.44 bits per heavy atom. The smallest absolute Gasteiger partial charge is 0.334 e. The average molecular weight is 251 g/mol. The highest BCUT2D eigenvalue weighted by molar-refractivity contribution is 5.83. The Labute approximate surface area is 106 Å². The summed E-state index contributed by atoms with van der Waals surface area (Å²) < 4.78 is 0. The van der Waals surface area contributed by atoms with Gasteiger partial charge in [0.15, 0.2) is 5.54 Å². The van der Waals surface area contributed by atoms with Gasteiger partial charge in [0.05, 0.1) is 0 Å². The molecule has 1 aromatic carbocycles. The molecule has 2 N–H and O–H groups in total. The fourth-order valence-corrected chi connectivity index (χ4v) is 1.94. The van der Waals surface area contributed by atoms with Crippen molar-refractivity contribution in [2.75, 3.05) is 0 Å². The molecule has 0 fully saturated rings. The minimum atomic E-state index is -1.51. The first kappa shape index (κ1) is 14.0. The van der Waals surface area contributed by atoms with E-state index in [1.165, 1.54) is 24.0 Å². The molecule has 0 aromatic heterocycles. The van der Waals surface area contributed by atoms with Crippen LogP contribution in [-0.4, -0.2) is 33.5 Å². The van der Waals surface area contributed by atoms with Gasteiger partial charge in [-0.05, 0) is 38.5 Å². The molecule has 98 valence electrons. The van der Waals surface area contributed by atoms with E-state index in [4.69, 9.17) is 0 Å². The van der Waals surface area contributed by atoms with Crippen LogP contribution < -0.4 is 0 Å². The van der Waals surface area contributed by atoms with Gasteiger partial charge in [0, 0.05) is 6.04 Å². The number of aliphatic carboxylic acids is 1. The first-order chi connectivity index (χ1) is 8.33. The van der Waals surface area contributed by atoms with E-state index in [2.05, 4.69) is 0 Å². The highest BCUT2D eigenvalue weighted by Crippen LogP contribution is 2.31. The first-order valence-corrected chi connectivity index (χ1v) is 5.60. The second-order valence-corrected chi connectivity index (χ2v) is 4.53. The largest absolute Gasteiger partial charge is 0.508 e. The minimum Gasteiger partial charge on any atom is -0.508 e. The molecule has 0 saturated heterocycles. The van der Waals surface area contributed by atoms with Crippen molar-refractivity contribution in [1.82, 2.24) is 4.90 Å². The summed E-state index contributed by atoms with van der Waals surface area (Å²) in [6.45, 7) is 4.91. The molecule has 1 aromatic rings. The molecule has 5 heteroatoms. The molecule has 1 unspecified atom stereocenters. The monoisotopic (exact) mass is 251 g/mol. The van der Waals surface area contributed by atoms with Crippen molar-refractivity contribution in [3.8, 4) is 5.75 Å². The molecule has 0 radical (unpaired) electrons. The molecule has 1 atom stereocenters. The predicted molar refractivity (Wildman–Crippen MR) is 66.1 cm³/mol. The van der Waals surface area contributed by atoms with Crippen LogP contribution in [0.1, 0.15) is 26.3 Å². The van der Waals surface area contributed by atoms with Crippen LogP contribution in [0.5, 0.6) is 5.75 Å². The number of hydrogen-bond acceptors (Lipinski definition) is 3. The number of benzene rings is 1. The van der Waals surface area contributed by atoms with Crippen LogP contribution in [0.3, 0.4) is 0 Å². The van der Waals surface area contributed by atoms with E-state index in [9.17, 15) is 19.8 Å². The number of hydrogen-bond donors (Lipinski definition) is 2. The molecular weight excluding hydrogens is 234 g/mol. The summed E-state index contributed by atoms with van der Waals surface area (Å²) >= 11 is 0. The maximum atomic E-state index is 11.6. The van der Waals surface area contributed by atoms with Gasteiger partial charge in [-0.15, -0.1) is 0 Å². The molecule has 5 nitrogen and oxygen atoms in total. The summed E-state index contributed by atoms with van der Waals surface area (Å²) in [6, 6.07) is 5.66. The third-order valence-corrected chi connectivity index (χ3v) is 3.01. The number of phenols is 1. The Morgan fingerprint density at radius 2 is 2.06 bits per heavy atom. The van der Waals surface area contributed by atoms with Crippen LogP contribution in [-0.2, 0) is 15.1 Å². The fraction of sp³-hybridized carbons (Fsp3) is 0.385. The number of amides is 1. The van der Waals surface area contributed by atoms with Gasteiger partial charge in [-0.25, -0.2) is 4.79 Å². The van der Waals surface area contributed by atoms with Gasteiger partial charge in [-0.2, -0.15) is 0 Å². The summed E-state index contributed by atoms with van der Waals surface area (Å²) in [5, 5.41) is 18.9. The summed E-state index contributed by atoms with van der Waals surface area (Å²) in [5.41, 5.74) is -1.15. The lowest BCUT2D eigenvalue weighted by atomic mass is 9.89. The number of aromatic hydroxyl groups is 1. The quantitative estimate of drug-likeness (QED) is 0.778. The van der Waals surface area contributed by atoms with Gasteiger partial charge >= 0.3 is 5.97 Å². The van der Waals surface area contributed by atoms with Crippen molar-refractivity contribution in [3.05, 3.63) is 29.8 Å². The molecule has 0 aliphatic carbocycles. The van der Waals surface area contributed by atoms with Crippen molar-refractivity contribution >= 4 is 12.4 Å². The van der Waals surface area contributed by atoms with Gasteiger partial charge in [-0.1, -0.05) is 12.1 Å². The lowest BCUT2D eigenvalue weighted by molar-refractivity contribution is -0.156. The normalized spacial score (nSPS) is 14.0. The van der Waals surface area contributed by atoms with Crippen molar-refractivity contribution in [1.29, 1.82) is 0 Å². The summed E-state index contributed by atoms with van der Waals surface area (Å²) in [4.78, 5) is 23.9. The van der Waals surface area contributed by atoms with E-state index >= 15 is 0 Å². The van der Waals surface area contributed by atoms with Crippen LogP contribution >= 0.6 is 0 Å². The van der Waals surface area contributed by atoms with E-state index in [1.54, 1.807) is 26.0 Å². The Morgan fingerprint density at radius 1 is 1.44 bits per heavy atom. The van der Waals surface area contributed by atoms with Crippen molar-refractivity contribution < 1.29 is 19.8 Å². The molecule has 0 aliphatic heterocycles. The number of carbonyl (C=O) groups is 2. The summed E-state index contributed by atoms with van der Waals surface area (Å²) in [7, 11) is 0. The van der Waals surface area contributed by atoms with Crippen molar-refractivity contribution in [2.45, 2.75) is 32.4 Å². The number of rotatable bonds is 5. The van der Waals surface area contributed by atoms with Crippen LogP contribution in [0.2, 0.25) is 0 Å². The lowest BCUT2D eigenvalue weighted by Gasteiger charge is -2.38. The van der Waals surface area contributed by atoms with E-state index in [1.807, 2.05) is 0 Å². The standard InChI is InChI=1S/C13H17NO4/c1-9(2)14(8-15)13(3,12(17)18)10-5-4-6-11(16)7-10/h4-9,16H,1-3H3,(H,17,18). The first-order valence-electron chi connectivity index (χ1n) is 5.60. The maximum absolute atomic E-state index is 11.6. The Bertz CT molecular complexity index is 458. The van der Waals surface area contributed by atoms with Gasteiger partial charge in [0.1, 0.15) is 5.75 Å². The average Bonchev–Trinajstić information content (AvgIpc) is 2.28. The SMILES string of the molecule is CC(C)N(C=O)C(C)(C(=O)O)c1cccc(O)c1. The van der Waals surface area contributed by atoms with Gasteiger partial charge in [-0.3, -0.25) is 4.79 Å². The van der Waals surface area contributed by atoms with Crippen LogP contribution in [0, 0.1) is 0 Å². The number of nitrogens with zero attached hydrogens (tertiary/aromatic N) is 1. The summed E-state index contributed by atoms with van der Waals surface area (Å²) in [6.07, 6.45) is 0.517. The number of carboxylic acid groups (broad SMARTS) is 1. The molecule has 0 bridgehead atoms. The van der Waals surface area contributed by atoms with Gasteiger partial charge < -0.3 is 15.1 Å². The molecule has 0 saturated carbocycles. The van der Waals surface area contributed by atoms with Gasteiger partial charge in [0.2, 0.25) is 6.41 Å². The highest BCUT2D eigenvalue weighted by atomic mass is 16.4. The second kappa shape index (κ2) is 5.08. The van der Waals surface area contributed by atoms with Gasteiger partial charge in [0.25, 0.3) is 0 Å².